The number of benzene rings is 1. The van der Waals surface area contributed by atoms with E-state index in [9.17, 15) is 0 Å². The summed E-state index contributed by atoms with van der Waals surface area (Å²) in [7, 11) is 1.90. The van der Waals surface area contributed by atoms with E-state index in [0.29, 0.717) is 24.6 Å². The second kappa shape index (κ2) is 5.44. The van der Waals surface area contributed by atoms with Crippen molar-refractivity contribution in [1.29, 1.82) is 0 Å². The van der Waals surface area contributed by atoms with Gasteiger partial charge < -0.3 is 15.8 Å². The molecular formula is C13H18N4O. The van der Waals surface area contributed by atoms with Crippen LogP contribution in [0, 0.1) is 0 Å². The minimum Gasteiger partial charge on any atom is -0.492 e. The zero-order chi connectivity index (χ0) is 13.0. The average Bonchev–Trinajstić information content (AvgIpc) is 2.77. The Morgan fingerprint density at radius 1 is 1.39 bits per heavy atom. The normalized spacial score (nSPS) is 10.3. The second-order valence-electron chi connectivity index (χ2n) is 3.98. The van der Waals surface area contributed by atoms with Gasteiger partial charge in [-0.1, -0.05) is 6.07 Å². The van der Waals surface area contributed by atoms with Gasteiger partial charge in [-0.2, -0.15) is 5.10 Å². The van der Waals surface area contributed by atoms with Gasteiger partial charge in [0.2, 0.25) is 0 Å². The molecule has 0 fully saturated rings. The van der Waals surface area contributed by atoms with Gasteiger partial charge in [0.1, 0.15) is 5.75 Å². The molecule has 3 N–H and O–H groups in total. The Kier molecular flexibility index (Phi) is 3.72. The Morgan fingerprint density at radius 2 is 2.22 bits per heavy atom. The van der Waals surface area contributed by atoms with Gasteiger partial charge in [0, 0.05) is 13.2 Å². The molecule has 1 aromatic carbocycles. The summed E-state index contributed by atoms with van der Waals surface area (Å²) in [5.41, 5.74) is 8.50. The Labute approximate surface area is 107 Å². The number of rotatable bonds is 5. The highest BCUT2D eigenvalue weighted by Crippen LogP contribution is 2.29. The molecule has 0 radical (unpaired) electrons. The lowest BCUT2D eigenvalue weighted by Gasteiger charge is -2.12. The van der Waals surface area contributed by atoms with Gasteiger partial charge in [-0.3, -0.25) is 4.68 Å². The largest absolute Gasteiger partial charge is 0.492 e. The Hall–Kier alpha value is -2.17. The van der Waals surface area contributed by atoms with Gasteiger partial charge in [0.15, 0.2) is 0 Å². The fourth-order valence-electron chi connectivity index (χ4n) is 1.72. The van der Waals surface area contributed by atoms with Crippen LogP contribution in [0.5, 0.6) is 5.75 Å². The van der Waals surface area contributed by atoms with Gasteiger partial charge in [0.05, 0.1) is 30.2 Å². The van der Waals surface area contributed by atoms with E-state index in [1.807, 2.05) is 44.4 Å². The van der Waals surface area contributed by atoms with Gasteiger partial charge in [0.25, 0.3) is 0 Å². The first-order valence-corrected chi connectivity index (χ1v) is 5.94. The number of nitrogens with two attached hydrogens (primary N) is 1. The van der Waals surface area contributed by atoms with Crippen LogP contribution in [-0.4, -0.2) is 16.4 Å². The van der Waals surface area contributed by atoms with Gasteiger partial charge in [-0.05, 0) is 25.1 Å². The molecule has 2 rings (SSSR count). The molecule has 0 aliphatic heterocycles. The minimum atomic E-state index is 0.605. The number of aryl methyl sites for hydroxylation is 1. The maximum absolute atomic E-state index is 6.03. The summed E-state index contributed by atoms with van der Waals surface area (Å²) >= 11 is 0. The van der Waals surface area contributed by atoms with Crippen LogP contribution in [0.15, 0.2) is 30.5 Å². The van der Waals surface area contributed by atoms with Crippen molar-refractivity contribution in [3.05, 3.63) is 36.2 Å². The number of anilines is 2. The first kappa shape index (κ1) is 12.3. The lowest BCUT2D eigenvalue weighted by atomic mass is 10.2. The summed E-state index contributed by atoms with van der Waals surface area (Å²) in [6.07, 6.45) is 1.91. The molecule has 0 bridgehead atoms. The highest BCUT2D eigenvalue weighted by Gasteiger charge is 2.05. The molecular weight excluding hydrogens is 228 g/mol. The highest BCUT2D eigenvalue weighted by atomic mass is 16.5. The average molecular weight is 246 g/mol. The van der Waals surface area contributed by atoms with Crippen LogP contribution in [0.25, 0.3) is 0 Å². The molecule has 0 aliphatic rings. The number of hydrogen-bond donors (Lipinski definition) is 2. The summed E-state index contributed by atoms with van der Waals surface area (Å²) in [5.74, 6) is 0.712. The predicted octanol–water partition coefficient (Wildman–Crippen LogP) is 2.01. The van der Waals surface area contributed by atoms with Crippen LogP contribution in [0.3, 0.4) is 0 Å². The van der Waals surface area contributed by atoms with Crippen molar-refractivity contribution in [1.82, 2.24) is 9.78 Å². The molecule has 0 unspecified atom stereocenters. The highest BCUT2D eigenvalue weighted by molar-refractivity contribution is 5.72. The molecule has 96 valence electrons. The fourth-order valence-corrected chi connectivity index (χ4v) is 1.72. The summed E-state index contributed by atoms with van der Waals surface area (Å²) in [4.78, 5) is 0. The van der Waals surface area contributed by atoms with E-state index in [4.69, 9.17) is 10.5 Å². The molecule has 0 saturated heterocycles. The third-order valence-corrected chi connectivity index (χ3v) is 2.59. The van der Waals surface area contributed by atoms with Gasteiger partial charge >= 0.3 is 0 Å². The summed E-state index contributed by atoms with van der Waals surface area (Å²) < 4.78 is 7.22. The molecule has 1 heterocycles. The number of para-hydroxylation sites is 1. The SMILES string of the molecule is CCOc1cccc(NCc2ccn(C)n2)c1N. The topological polar surface area (TPSA) is 65.1 Å². The third-order valence-electron chi connectivity index (χ3n) is 2.59. The lowest BCUT2D eigenvalue weighted by Crippen LogP contribution is -2.05. The van der Waals surface area contributed by atoms with E-state index in [-0.39, 0.29) is 0 Å². The number of ether oxygens (including phenoxy) is 1. The molecule has 0 amide bonds. The number of hydrogen-bond acceptors (Lipinski definition) is 4. The quantitative estimate of drug-likeness (QED) is 0.792. The standard InChI is InChI=1S/C13H18N4O/c1-3-18-12-6-4-5-11(13(12)14)15-9-10-7-8-17(2)16-10/h4-8,15H,3,9,14H2,1-2H3. The number of aromatic nitrogens is 2. The van der Waals surface area contributed by atoms with Crippen LogP contribution < -0.4 is 15.8 Å². The minimum absolute atomic E-state index is 0.605. The van der Waals surface area contributed by atoms with Crippen molar-refractivity contribution in [2.45, 2.75) is 13.5 Å². The van der Waals surface area contributed by atoms with Crippen molar-refractivity contribution in [2.75, 3.05) is 17.7 Å². The maximum Gasteiger partial charge on any atom is 0.144 e. The second-order valence-corrected chi connectivity index (χ2v) is 3.98. The Balaban J connectivity index is 2.07. The van der Waals surface area contributed by atoms with Crippen LogP contribution in [0.4, 0.5) is 11.4 Å². The van der Waals surface area contributed by atoms with E-state index in [0.717, 1.165) is 11.4 Å². The Bertz CT molecular complexity index is 521. The molecule has 0 atom stereocenters. The van der Waals surface area contributed by atoms with Crippen LogP contribution >= 0.6 is 0 Å². The van der Waals surface area contributed by atoms with Crippen molar-refractivity contribution >= 4 is 11.4 Å². The van der Waals surface area contributed by atoms with E-state index in [2.05, 4.69) is 10.4 Å². The predicted molar refractivity (Wildman–Crippen MR) is 72.6 cm³/mol. The zero-order valence-electron chi connectivity index (χ0n) is 10.7. The van der Waals surface area contributed by atoms with E-state index in [1.165, 1.54) is 0 Å². The van der Waals surface area contributed by atoms with Gasteiger partial charge in [-0.15, -0.1) is 0 Å². The van der Waals surface area contributed by atoms with Crippen LogP contribution in [0.1, 0.15) is 12.6 Å². The summed E-state index contributed by atoms with van der Waals surface area (Å²) in [5, 5.41) is 7.56. The third kappa shape index (κ3) is 2.74. The monoisotopic (exact) mass is 246 g/mol. The molecule has 0 saturated carbocycles. The number of nitrogens with one attached hydrogen (secondary N) is 1. The van der Waals surface area contributed by atoms with Crippen molar-refractivity contribution < 1.29 is 4.74 Å². The molecule has 5 heteroatoms. The molecule has 5 nitrogen and oxygen atoms in total. The molecule has 2 aromatic rings. The van der Waals surface area contributed by atoms with Crippen LogP contribution in [-0.2, 0) is 13.6 Å². The first-order valence-electron chi connectivity index (χ1n) is 5.94. The van der Waals surface area contributed by atoms with Crippen molar-refractivity contribution in [2.24, 2.45) is 7.05 Å². The summed E-state index contributed by atoms with van der Waals surface area (Å²) in [6.45, 7) is 3.18. The van der Waals surface area contributed by atoms with Gasteiger partial charge in [-0.25, -0.2) is 0 Å². The number of nitrogen functional groups attached to an aromatic ring is 1. The number of nitrogens with zero attached hydrogens (tertiary/aromatic N) is 2. The smallest absolute Gasteiger partial charge is 0.144 e. The van der Waals surface area contributed by atoms with E-state index < -0.39 is 0 Å². The zero-order valence-corrected chi connectivity index (χ0v) is 10.7. The molecule has 0 spiro atoms. The molecule has 18 heavy (non-hydrogen) atoms. The van der Waals surface area contributed by atoms with E-state index >= 15 is 0 Å². The summed E-state index contributed by atoms with van der Waals surface area (Å²) in [6, 6.07) is 7.68. The first-order chi connectivity index (χ1) is 8.70. The lowest BCUT2D eigenvalue weighted by molar-refractivity contribution is 0.342. The molecule has 1 aromatic heterocycles. The van der Waals surface area contributed by atoms with E-state index in [1.54, 1.807) is 4.68 Å². The fraction of sp³-hybridized carbons (Fsp3) is 0.308. The maximum atomic E-state index is 6.03. The van der Waals surface area contributed by atoms with Crippen molar-refractivity contribution in [3.8, 4) is 5.75 Å². The van der Waals surface area contributed by atoms with Crippen molar-refractivity contribution in [3.63, 3.8) is 0 Å². The van der Waals surface area contributed by atoms with Crippen LogP contribution in [0.2, 0.25) is 0 Å². The molecule has 0 aliphatic carbocycles. The Morgan fingerprint density at radius 3 is 2.89 bits per heavy atom.